The Morgan fingerprint density at radius 3 is 2.13 bits per heavy atom. The Morgan fingerprint density at radius 1 is 0.913 bits per heavy atom. The topological polar surface area (TPSA) is 128 Å². The number of benzene rings is 2. The quantitative estimate of drug-likeness (QED) is 0.382. The van der Waals surface area contributed by atoms with Crippen LogP contribution in [0.4, 0.5) is 10.5 Å². The summed E-state index contributed by atoms with van der Waals surface area (Å²) in [6, 6.07) is 13.5. The lowest BCUT2D eigenvalue weighted by molar-refractivity contribution is -0.147. The summed E-state index contributed by atoms with van der Waals surface area (Å²) in [5.74, 6) is -1.26. The first-order chi connectivity index (χ1) is 21.8. The molecular weight excluding hydrogens is 586 g/mol. The number of carbonyl (C=O) groups excluding carboxylic acids is 5. The highest BCUT2D eigenvalue weighted by atomic mass is 16.5. The normalized spacial score (nSPS) is 18.2. The molecule has 0 bridgehead atoms. The Labute approximate surface area is 272 Å². The number of hydrogen-bond acceptors (Lipinski definition) is 7. The smallest absolute Gasteiger partial charge is 0.408 e. The molecule has 2 aromatic rings. The maximum absolute atomic E-state index is 13.9. The Morgan fingerprint density at radius 2 is 1.54 bits per heavy atom. The fourth-order valence-corrected chi connectivity index (χ4v) is 5.39. The summed E-state index contributed by atoms with van der Waals surface area (Å²) >= 11 is 0. The van der Waals surface area contributed by atoms with Crippen LogP contribution in [-0.2, 0) is 25.7 Å². The minimum absolute atomic E-state index is 0.0677. The first-order valence-electron chi connectivity index (χ1n) is 16.0. The van der Waals surface area contributed by atoms with Gasteiger partial charge >= 0.3 is 6.09 Å². The van der Waals surface area contributed by atoms with Crippen molar-refractivity contribution < 1.29 is 28.7 Å². The van der Waals surface area contributed by atoms with Crippen LogP contribution in [0.1, 0.15) is 69.8 Å². The molecule has 2 aromatic carbocycles. The number of nitrogens with one attached hydrogen (secondary N) is 2. The zero-order chi connectivity index (χ0) is 34.0. The highest BCUT2D eigenvalue weighted by molar-refractivity contribution is 5.99. The molecule has 11 nitrogen and oxygen atoms in total. The number of ether oxygens (including phenoxy) is 1. The van der Waals surface area contributed by atoms with E-state index in [4.69, 9.17) is 4.74 Å². The fourth-order valence-electron chi connectivity index (χ4n) is 5.39. The van der Waals surface area contributed by atoms with Crippen LogP contribution < -0.4 is 15.5 Å². The van der Waals surface area contributed by atoms with Gasteiger partial charge in [-0.15, -0.1) is 0 Å². The van der Waals surface area contributed by atoms with Gasteiger partial charge in [0.15, 0.2) is 5.78 Å². The van der Waals surface area contributed by atoms with Gasteiger partial charge in [-0.2, -0.15) is 0 Å². The second-order valence-corrected chi connectivity index (χ2v) is 12.5. The van der Waals surface area contributed by atoms with Crippen molar-refractivity contribution in [1.29, 1.82) is 0 Å². The molecule has 2 N–H and O–H groups in total. The minimum atomic E-state index is -0.872. The van der Waals surface area contributed by atoms with Gasteiger partial charge in [0.05, 0.1) is 12.6 Å². The lowest BCUT2D eigenvalue weighted by Gasteiger charge is -2.40. The minimum Gasteiger partial charge on any atom is -0.445 e. The molecular formula is C35H49N5O6. The van der Waals surface area contributed by atoms with Crippen molar-refractivity contribution in [2.75, 3.05) is 32.1 Å². The second-order valence-electron chi connectivity index (χ2n) is 12.5. The van der Waals surface area contributed by atoms with E-state index < -0.39 is 24.2 Å². The van der Waals surface area contributed by atoms with Crippen LogP contribution in [0.3, 0.4) is 0 Å². The number of rotatable bonds is 11. The first kappa shape index (κ1) is 36.1. The lowest BCUT2D eigenvalue weighted by atomic mass is 9.98. The zero-order valence-electron chi connectivity index (χ0n) is 28.1. The molecule has 4 amide bonds. The summed E-state index contributed by atoms with van der Waals surface area (Å²) < 4.78 is 5.30. The van der Waals surface area contributed by atoms with Crippen LogP contribution >= 0.6 is 0 Å². The Kier molecular flexibility index (Phi) is 13.1. The Bertz CT molecular complexity index is 1350. The number of hydrogen-bond donors (Lipinski definition) is 2. The predicted molar refractivity (Wildman–Crippen MR) is 177 cm³/mol. The molecule has 0 saturated carbocycles. The molecule has 250 valence electrons. The number of Topliss-reactive ketones (excluding diaryl/α,β-unsaturated/α-hetero) is 1. The fraction of sp³-hybridized carbons (Fsp3) is 0.514. The van der Waals surface area contributed by atoms with E-state index in [2.05, 4.69) is 10.6 Å². The summed E-state index contributed by atoms with van der Waals surface area (Å²) in [6.07, 6.45) is 0.415. The second kappa shape index (κ2) is 16.8. The lowest BCUT2D eigenvalue weighted by Crippen LogP contribution is -2.59. The van der Waals surface area contributed by atoms with Gasteiger partial charge in [-0.05, 0) is 68.9 Å². The number of amides is 4. The number of carbonyl (C=O) groups is 5. The van der Waals surface area contributed by atoms with Gasteiger partial charge in [0, 0.05) is 37.9 Å². The van der Waals surface area contributed by atoms with Gasteiger partial charge in [0.2, 0.25) is 11.8 Å². The molecule has 1 aliphatic heterocycles. The molecule has 1 aliphatic rings. The van der Waals surface area contributed by atoms with E-state index in [1.165, 1.54) is 9.80 Å². The largest absolute Gasteiger partial charge is 0.445 e. The van der Waals surface area contributed by atoms with E-state index in [1.54, 1.807) is 26.0 Å². The van der Waals surface area contributed by atoms with Gasteiger partial charge in [-0.1, -0.05) is 51.1 Å². The zero-order valence-corrected chi connectivity index (χ0v) is 28.1. The molecule has 11 heteroatoms. The van der Waals surface area contributed by atoms with Crippen molar-refractivity contribution in [3.63, 3.8) is 0 Å². The van der Waals surface area contributed by atoms with Crippen LogP contribution in [0.25, 0.3) is 0 Å². The molecule has 1 saturated heterocycles. The summed E-state index contributed by atoms with van der Waals surface area (Å²) in [7, 11) is 3.83. The number of ketones is 1. The SMILES string of the molecule is CC[C@H](NC(=O)OCc1ccccc1)C(=O)N1CC(=O)C(C)N(C(=O)[C@H](CC(C)C)NC(=O)c2ccc(N(C)C)cc2)CC[C@@H]1C. The summed E-state index contributed by atoms with van der Waals surface area (Å²) in [5.41, 5.74) is 2.21. The molecule has 1 fully saturated rings. The van der Waals surface area contributed by atoms with Gasteiger partial charge in [0.25, 0.3) is 5.91 Å². The molecule has 0 aliphatic carbocycles. The average molecular weight is 636 g/mol. The third-order valence-electron chi connectivity index (χ3n) is 8.31. The molecule has 3 rings (SSSR count). The van der Waals surface area contributed by atoms with Crippen LogP contribution in [0, 0.1) is 5.92 Å². The van der Waals surface area contributed by atoms with Crippen LogP contribution in [0.15, 0.2) is 54.6 Å². The number of nitrogens with zero attached hydrogens (tertiary/aromatic N) is 3. The maximum Gasteiger partial charge on any atom is 0.408 e. The molecule has 0 spiro atoms. The van der Waals surface area contributed by atoms with Gasteiger partial charge in [-0.3, -0.25) is 19.2 Å². The van der Waals surface area contributed by atoms with Gasteiger partial charge < -0.3 is 30.1 Å². The summed E-state index contributed by atoms with van der Waals surface area (Å²) in [6.45, 7) is 9.29. The van der Waals surface area contributed by atoms with Crippen LogP contribution in [0.2, 0.25) is 0 Å². The maximum atomic E-state index is 13.9. The van der Waals surface area contributed by atoms with Crippen LogP contribution in [-0.4, -0.2) is 90.8 Å². The average Bonchev–Trinajstić information content (AvgIpc) is 3.03. The number of anilines is 1. The van der Waals surface area contributed by atoms with Crippen molar-refractivity contribution in [1.82, 2.24) is 20.4 Å². The predicted octanol–water partition coefficient (Wildman–Crippen LogP) is 4.01. The standard InChI is InChI=1S/C35H49N5O6/c1-8-29(37-35(45)46-22-26-12-10-9-11-13-26)33(43)40-21-31(41)25(5)39(19-18-24(40)4)34(44)30(20-23(2)3)36-32(42)27-14-16-28(17-15-27)38(6)7/h9-17,23-25,29-30H,8,18-22H2,1-7H3,(H,36,42)(H,37,45)/t24-,25?,29-,30-/m0/s1. The highest BCUT2D eigenvalue weighted by Gasteiger charge is 2.38. The van der Waals surface area contributed by atoms with E-state index in [0.717, 1.165) is 11.3 Å². The number of alkyl carbamates (subject to hydrolysis) is 1. The molecule has 0 aromatic heterocycles. The van der Waals surface area contributed by atoms with E-state index in [0.29, 0.717) is 24.8 Å². The Hall–Kier alpha value is -4.41. The molecule has 4 atom stereocenters. The first-order valence-corrected chi connectivity index (χ1v) is 16.0. The third kappa shape index (κ3) is 9.79. The van der Waals surface area contributed by atoms with E-state index in [1.807, 2.05) is 82.2 Å². The monoisotopic (exact) mass is 635 g/mol. The van der Waals surface area contributed by atoms with Crippen molar-refractivity contribution in [3.8, 4) is 0 Å². The van der Waals surface area contributed by atoms with Crippen molar-refractivity contribution in [2.45, 2.75) is 84.7 Å². The van der Waals surface area contributed by atoms with E-state index in [9.17, 15) is 24.0 Å². The van der Waals surface area contributed by atoms with Crippen molar-refractivity contribution in [3.05, 3.63) is 65.7 Å². The van der Waals surface area contributed by atoms with Crippen molar-refractivity contribution in [2.24, 2.45) is 5.92 Å². The molecule has 1 unspecified atom stereocenters. The molecule has 46 heavy (non-hydrogen) atoms. The van der Waals surface area contributed by atoms with Gasteiger partial charge in [0.1, 0.15) is 18.7 Å². The van der Waals surface area contributed by atoms with Crippen molar-refractivity contribution >= 4 is 35.3 Å². The highest BCUT2D eigenvalue weighted by Crippen LogP contribution is 2.19. The van der Waals surface area contributed by atoms with E-state index >= 15 is 0 Å². The molecule has 0 radical (unpaired) electrons. The Balaban J connectivity index is 1.68. The summed E-state index contributed by atoms with van der Waals surface area (Å²) in [4.78, 5) is 71.7. The van der Waals surface area contributed by atoms with E-state index in [-0.39, 0.29) is 55.2 Å². The molecule has 1 heterocycles. The summed E-state index contributed by atoms with van der Waals surface area (Å²) in [5, 5.41) is 5.56. The van der Waals surface area contributed by atoms with Crippen LogP contribution in [0.5, 0.6) is 0 Å². The van der Waals surface area contributed by atoms with Gasteiger partial charge in [-0.25, -0.2) is 4.79 Å². The third-order valence-corrected chi connectivity index (χ3v) is 8.31.